The third-order valence-electron chi connectivity index (χ3n) is 6.27. The van der Waals surface area contributed by atoms with Gasteiger partial charge in [-0.3, -0.25) is 0 Å². The minimum absolute atomic E-state index is 0.546. The van der Waals surface area contributed by atoms with E-state index in [9.17, 15) is 13.2 Å². The van der Waals surface area contributed by atoms with Gasteiger partial charge in [-0.2, -0.15) is 13.2 Å². The first-order valence-corrected chi connectivity index (χ1v) is 10.9. The Morgan fingerprint density at radius 1 is 0.906 bits per heavy atom. The predicted molar refractivity (Wildman–Crippen MR) is 125 cm³/mol. The van der Waals surface area contributed by atoms with Crippen LogP contribution in [-0.2, 0) is 12.6 Å². The molecule has 3 aromatic rings. The summed E-state index contributed by atoms with van der Waals surface area (Å²) in [4.78, 5) is 2.39. The molecule has 2 nitrogen and oxygen atoms in total. The van der Waals surface area contributed by atoms with Crippen LogP contribution in [0.5, 0.6) is 0 Å². The van der Waals surface area contributed by atoms with Crippen molar-refractivity contribution in [1.82, 2.24) is 0 Å². The molecule has 1 heterocycles. The Morgan fingerprint density at radius 3 is 2.12 bits per heavy atom. The molecule has 32 heavy (non-hydrogen) atoms. The number of anilines is 1. The number of piperidine rings is 1. The molecule has 1 aliphatic rings. The fourth-order valence-corrected chi connectivity index (χ4v) is 4.41. The van der Waals surface area contributed by atoms with Crippen LogP contribution in [0.4, 0.5) is 18.9 Å². The van der Waals surface area contributed by atoms with Crippen LogP contribution in [0.25, 0.3) is 16.8 Å². The zero-order chi connectivity index (χ0) is 22.7. The van der Waals surface area contributed by atoms with Crippen molar-refractivity contribution in [3.8, 4) is 11.1 Å². The summed E-state index contributed by atoms with van der Waals surface area (Å²) >= 11 is 0. The quantitative estimate of drug-likeness (QED) is 0.479. The summed E-state index contributed by atoms with van der Waals surface area (Å²) in [6.45, 7) is 5.74. The second kappa shape index (κ2) is 9.11. The van der Waals surface area contributed by atoms with Crippen LogP contribution in [0, 0.1) is 5.92 Å². The Bertz CT molecular complexity index is 1060. The van der Waals surface area contributed by atoms with Gasteiger partial charge >= 0.3 is 6.18 Å². The van der Waals surface area contributed by atoms with Crippen molar-refractivity contribution in [2.75, 3.05) is 18.0 Å². The molecule has 3 aromatic carbocycles. The lowest BCUT2D eigenvalue weighted by molar-refractivity contribution is -0.137. The van der Waals surface area contributed by atoms with Gasteiger partial charge in [-0.25, -0.2) is 0 Å². The highest BCUT2D eigenvalue weighted by molar-refractivity contribution is 5.68. The largest absolute Gasteiger partial charge is 0.416 e. The topological polar surface area (TPSA) is 29.3 Å². The molecule has 0 aliphatic carbocycles. The van der Waals surface area contributed by atoms with Crippen molar-refractivity contribution in [3.05, 3.63) is 96.1 Å². The smallest absolute Gasteiger partial charge is 0.399 e. The van der Waals surface area contributed by atoms with E-state index in [1.165, 1.54) is 11.3 Å². The Morgan fingerprint density at radius 2 is 1.53 bits per heavy atom. The summed E-state index contributed by atoms with van der Waals surface area (Å²) in [5, 5.41) is 0. The minimum Gasteiger partial charge on any atom is -0.399 e. The second-order valence-electron chi connectivity index (χ2n) is 8.44. The molecule has 5 heteroatoms. The summed E-state index contributed by atoms with van der Waals surface area (Å²) in [7, 11) is 0. The van der Waals surface area contributed by atoms with E-state index in [0.717, 1.165) is 61.2 Å². The molecule has 0 spiro atoms. The van der Waals surface area contributed by atoms with E-state index in [1.54, 1.807) is 12.1 Å². The van der Waals surface area contributed by atoms with Gasteiger partial charge in [-0.15, -0.1) is 0 Å². The molecule has 1 fully saturated rings. The van der Waals surface area contributed by atoms with E-state index < -0.39 is 11.7 Å². The summed E-state index contributed by atoms with van der Waals surface area (Å²) in [5.41, 5.74) is 10.9. The molecule has 166 valence electrons. The number of nitrogens with zero attached hydrogens (tertiary/aromatic N) is 1. The number of hydrogen-bond donors (Lipinski definition) is 1. The lowest BCUT2D eigenvalue weighted by Gasteiger charge is -2.34. The molecule has 0 aromatic heterocycles. The highest BCUT2D eigenvalue weighted by Crippen LogP contribution is 2.33. The highest BCUT2D eigenvalue weighted by atomic mass is 19.4. The average Bonchev–Trinajstić information content (AvgIpc) is 2.80. The lowest BCUT2D eigenvalue weighted by atomic mass is 9.86. The van der Waals surface area contributed by atoms with E-state index in [4.69, 9.17) is 5.73 Å². The molecule has 0 saturated carbocycles. The molecule has 1 saturated heterocycles. The van der Waals surface area contributed by atoms with Gasteiger partial charge in [0.2, 0.25) is 0 Å². The zero-order valence-corrected chi connectivity index (χ0v) is 17.9. The molecule has 0 radical (unpaired) electrons. The van der Waals surface area contributed by atoms with Gasteiger partial charge < -0.3 is 10.6 Å². The maximum atomic E-state index is 12.9. The highest BCUT2D eigenvalue weighted by Gasteiger charge is 2.30. The summed E-state index contributed by atoms with van der Waals surface area (Å²) in [6.07, 6.45) is -1.24. The van der Waals surface area contributed by atoms with E-state index in [2.05, 4.69) is 29.7 Å². The average molecular weight is 437 g/mol. The number of rotatable bonds is 5. The van der Waals surface area contributed by atoms with Crippen LogP contribution in [0.15, 0.2) is 79.4 Å². The Labute approximate surface area is 187 Å². The first kappa shape index (κ1) is 22.0. The molecule has 0 amide bonds. The summed E-state index contributed by atoms with van der Waals surface area (Å²) in [5.74, 6) is 0.546. The van der Waals surface area contributed by atoms with Crippen molar-refractivity contribution >= 4 is 11.4 Å². The van der Waals surface area contributed by atoms with Gasteiger partial charge in [0.05, 0.1) is 5.56 Å². The monoisotopic (exact) mass is 436 g/mol. The second-order valence-corrected chi connectivity index (χ2v) is 8.44. The van der Waals surface area contributed by atoms with E-state index in [1.807, 2.05) is 30.3 Å². The predicted octanol–water partition coefficient (Wildman–Crippen LogP) is 6.76. The van der Waals surface area contributed by atoms with Crippen molar-refractivity contribution in [1.29, 1.82) is 0 Å². The molecule has 0 unspecified atom stereocenters. The van der Waals surface area contributed by atoms with E-state index in [0.29, 0.717) is 11.6 Å². The minimum atomic E-state index is -4.31. The van der Waals surface area contributed by atoms with Gasteiger partial charge in [-0.1, -0.05) is 55.1 Å². The number of hydrogen-bond acceptors (Lipinski definition) is 2. The maximum Gasteiger partial charge on any atom is 0.416 e. The number of nitrogens with two attached hydrogens (primary N) is 1. The normalized spacial score (nSPS) is 15.0. The first-order chi connectivity index (χ1) is 15.3. The van der Waals surface area contributed by atoms with Crippen molar-refractivity contribution < 1.29 is 13.2 Å². The molecular weight excluding hydrogens is 409 g/mol. The third-order valence-corrected chi connectivity index (χ3v) is 6.27. The fourth-order valence-electron chi connectivity index (χ4n) is 4.41. The fraction of sp³-hybridized carbons (Fsp3) is 0.259. The standard InChI is InChI=1S/C27H27F3N2/c1-19(31)21-8-12-25(13-9-21)32-16-14-20(15-17-32)18-23-4-2-3-5-26(23)22-6-10-24(11-7-22)27(28,29)30/h2-13,20H,1,14-18,31H2. The number of benzene rings is 3. The van der Waals surface area contributed by atoms with Gasteiger partial charge in [0, 0.05) is 24.5 Å². The molecule has 1 aliphatic heterocycles. The Kier molecular flexibility index (Phi) is 6.26. The molecule has 0 bridgehead atoms. The van der Waals surface area contributed by atoms with Crippen LogP contribution in [0.2, 0.25) is 0 Å². The summed E-state index contributed by atoms with van der Waals surface area (Å²) < 4.78 is 38.7. The van der Waals surface area contributed by atoms with Gasteiger partial charge in [0.1, 0.15) is 0 Å². The summed E-state index contributed by atoms with van der Waals surface area (Å²) in [6, 6.07) is 21.7. The Balaban J connectivity index is 1.42. The van der Waals surface area contributed by atoms with Gasteiger partial charge in [0.25, 0.3) is 0 Å². The van der Waals surface area contributed by atoms with Gasteiger partial charge in [-0.05, 0) is 71.7 Å². The maximum absolute atomic E-state index is 12.9. The third kappa shape index (κ3) is 4.98. The SMILES string of the molecule is C=C(N)c1ccc(N2CCC(Cc3ccccc3-c3ccc(C(F)(F)F)cc3)CC2)cc1. The molecule has 2 N–H and O–H groups in total. The zero-order valence-electron chi connectivity index (χ0n) is 17.9. The van der Waals surface area contributed by atoms with E-state index in [-0.39, 0.29) is 0 Å². The van der Waals surface area contributed by atoms with Crippen LogP contribution in [0.1, 0.15) is 29.5 Å². The Hall–Kier alpha value is -3.21. The van der Waals surface area contributed by atoms with Crippen molar-refractivity contribution in [3.63, 3.8) is 0 Å². The lowest BCUT2D eigenvalue weighted by Crippen LogP contribution is -2.34. The first-order valence-electron chi connectivity index (χ1n) is 10.9. The van der Waals surface area contributed by atoms with Crippen molar-refractivity contribution in [2.45, 2.75) is 25.4 Å². The van der Waals surface area contributed by atoms with Crippen LogP contribution >= 0.6 is 0 Å². The van der Waals surface area contributed by atoms with Gasteiger partial charge in [0.15, 0.2) is 0 Å². The molecule has 0 atom stereocenters. The number of halogens is 3. The van der Waals surface area contributed by atoms with E-state index >= 15 is 0 Å². The van der Waals surface area contributed by atoms with Crippen LogP contribution in [-0.4, -0.2) is 13.1 Å². The number of alkyl halides is 3. The van der Waals surface area contributed by atoms with Crippen molar-refractivity contribution in [2.24, 2.45) is 11.7 Å². The molecular formula is C27H27F3N2. The molecule has 4 rings (SSSR count). The van der Waals surface area contributed by atoms with Crippen LogP contribution < -0.4 is 10.6 Å². The van der Waals surface area contributed by atoms with Crippen LogP contribution in [0.3, 0.4) is 0 Å².